The number of hydrogen-bond donors (Lipinski definition) is 0. The van der Waals surface area contributed by atoms with Gasteiger partial charge in [-0.1, -0.05) is 18.2 Å². The lowest BCUT2D eigenvalue weighted by atomic mass is 10.1. The lowest BCUT2D eigenvalue weighted by molar-refractivity contribution is 0.552. The average Bonchev–Trinajstić information content (AvgIpc) is 2.81. The van der Waals surface area contributed by atoms with E-state index in [-0.39, 0.29) is 11.6 Å². The Bertz CT molecular complexity index is 1400. The highest BCUT2D eigenvalue weighted by molar-refractivity contribution is 5.91. The minimum absolute atomic E-state index is 0.0816. The third kappa shape index (κ3) is 3.17. The van der Waals surface area contributed by atoms with Crippen molar-refractivity contribution >= 4 is 33.3 Å². The molecule has 1 aliphatic rings. The molecule has 1 atom stereocenters. The summed E-state index contributed by atoms with van der Waals surface area (Å²) in [5.74, 6) is 0. The number of anilines is 2. The Hall–Kier alpha value is -3.92. The number of aromatic nitrogens is 3. The van der Waals surface area contributed by atoms with E-state index in [4.69, 9.17) is 0 Å². The number of fused-ring (bicyclic) bond motifs is 2. The molecule has 31 heavy (non-hydrogen) atoms. The Morgan fingerprint density at radius 1 is 1.06 bits per heavy atom. The van der Waals surface area contributed by atoms with Crippen LogP contribution in [0.2, 0.25) is 0 Å². The molecule has 0 aliphatic carbocycles. The van der Waals surface area contributed by atoms with Crippen molar-refractivity contribution in [1.82, 2.24) is 14.5 Å². The fourth-order valence-corrected chi connectivity index (χ4v) is 4.47. The summed E-state index contributed by atoms with van der Waals surface area (Å²) in [7, 11) is 1.73. The molecule has 0 spiro atoms. The van der Waals surface area contributed by atoms with Crippen molar-refractivity contribution in [2.75, 3.05) is 29.4 Å². The Balaban J connectivity index is 1.53. The molecule has 0 bridgehead atoms. The molecule has 7 nitrogen and oxygen atoms in total. The summed E-state index contributed by atoms with van der Waals surface area (Å²) in [5, 5.41) is 10.4. The van der Waals surface area contributed by atoms with Gasteiger partial charge in [-0.25, -0.2) is 4.98 Å². The molecular weight excluding hydrogens is 388 g/mol. The number of piperazine rings is 1. The quantitative estimate of drug-likeness (QED) is 0.505. The van der Waals surface area contributed by atoms with Gasteiger partial charge in [-0.2, -0.15) is 5.26 Å². The highest BCUT2D eigenvalue weighted by atomic mass is 16.1. The van der Waals surface area contributed by atoms with Crippen LogP contribution in [0, 0.1) is 11.3 Å². The summed E-state index contributed by atoms with van der Waals surface area (Å²) in [5.41, 5.74) is 4.61. The van der Waals surface area contributed by atoms with Crippen molar-refractivity contribution in [3.05, 3.63) is 70.8 Å². The van der Waals surface area contributed by atoms with Crippen molar-refractivity contribution in [2.45, 2.75) is 13.0 Å². The van der Waals surface area contributed by atoms with Crippen molar-refractivity contribution in [2.24, 2.45) is 7.05 Å². The maximum Gasteiger partial charge on any atom is 0.252 e. The lowest BCUT2D eigenvalue weighted by Crippen LogP contribution is -2.52. The van der Waals surface area contributed by atoms with Crippen LogP contribution in [0.1, 0.15) is 12.6 Å². The van der Waals surface area contributed by atoms with Crippen molar-refractivity contribution in [3.8, 4) is 6.07 Å². The highest BCUT2D eigenvalue weighted by Crippen LogP contribution is 2.31. The summed E-state index contributed by atoms with van der Waals surface area (Å²) in [6.07, 6.45) is 1.83. The zero-order valence-corrected chi connectivity index (χ0v) is 17.5. The van der Waals surface area contributed by atoms with E-state index in [1.165, 1.54) is 0 Å². The van der Waals surface area contributed by atoms with Crippen molar-refractivity contribution < 1.29 is 0 Å². The monoisotopic (exact) mass is 410 g/mol. The van der Waals surface area contributed by atoms with Crippen LogP contribution in [-0.4, -0.2) is 40.2 Å². The summed E-state index contributed by atoms with van der Waals surface area (Å²) >= 11 is 0. The van der Waals surface area contributed by atoms with Crippen LogP contribution >= 0.6 is 0 Å². The number of para-hydroxylation sites is 1. The van der Waals surface area contributed by atoms with Gasteiger partial charge < -0.3 is 14.4 Å². The fraction of sp³-hybridized carbons (Fsp3) is 0.250. The van der Waals surface area contributed by atoms with Gasteiger partial charge in [0.25, 0.3) is 5.56 Å². The zero-order valence-electron chi connectivity index (χ0n) is 17.5. The molecule has 3 aromatic heterocycles. The van der Waals surface area contributed by atoms with E-state index in [2.05, 4.69) is 57.0 Å². The number of hydrogen-bond acceptors (Lipinski definition) is 6. The predicted octanol–water partition coefficient (Wildman–Crippen LogP) is 3.07. The minimum atomic E-state index is -0.0816. The predicted molar refractivity (Wildman–Crippen MR) is 122 cm³/mol. The molecule has 4 heterocycles. The van der Waals surface area contributed by atoms with E-state index in [0.29, 0.717) is 11.2 Å². The molecule has 1 aromatic carbocycles. The van der Waals surface area contributed by atoms with Crippen LogP contribution in [0.15, 0.2) is 59.5 Å². The van der Waals surface area contributed by atoms with Crippen LogP contribution in [0.3, 0.4) is 0 Å². The number of rotatable bonds is 2. The van der Waals surface area contributed by atoms with E-state index in [0.717, 1.165) is 47.4 Å². The topological polar surface area (TPSA) is 78.0 Å². The average molecular weight is 410 g/mol. The Morgan fingerprint density at radius 3 is 2.71 bits per heavy atom. The van der Waals surface area contributed by atoms with Gasteiger partial charge >= 0.3 is 0 Å². The van der Waals surface area contributed by atoms with E-state index >= 15 is 0 Å². The van der Waals surface area contributed by atoms with Gasteiger partial charge in [0.05, 0.1) is 22.4 Å². The first kappa shape index (κ1) is 19.1. The van der Waals surface area contributed by atoms with Crippen LogP contribution in [0.4, 0.5) is 11.4 Å². The SMILES string of the molecule is CC1CN(c2cccc3cccnc23)CCN1c1cc(=O)n(C)c2ccc(C#N)nc12. The molecule has 0 saturated carbocycles. The van der Waals surface area contributed by atoms with E-state index in [1.54, 1.807) is 29.8 Å². The first-order valence-electron chi connectivity index (χ1n) is 10.3. The van der Waals surface area contributed by atoms with Crippen LogP contribution in [0.25, 0.3) is 21.9 Å². The molecule has 0 amide bonds. The molecular formula is C24H22N6O. The summed E-state index contributed by atoms with van der Waals surface area (Å²) in [4.78, 5) is 26.3. The van der Waals surface area contributed by atoms with Gasteiger partial charge in [0.2, 0.25) is 0 Å². The highest BCUT2D eigenvalue weighted by Gasteiger charge is 2.27. The van der Waals surface area contributed by atoms with Gasteiger partial charge in [0, 0.05) is 50.4 Å². The molecule has 154 valence electrons. The van der Waals surface area contributed by atoms with Crippen LogP contribution in [0.5, 0.6) is 0 Å². The molecule has 0 N–H and O–H groups in total. The third-order valence-electron chi connectivity index (χ3n) is 6.07. The van der Waals surface area contributed by atoms with E-state index in [9.17, 15) is 10.1 Å². The molecule has 7 heteroatoms. The summed E-state index contributed by atoms with van der Waals surface area (Å²) < 4.78 is 1.58. The van der Waals surface area contributed by atoms with Crippen LogP contribution < -0.4 is 15.4 Å². The smallest absolute Gasteiger partial charge is 0.252 e. The van der Waals surface area contributed by atoms with E-state index in [1.807, 2.05) is 12.3 Å². The first-order valence-corrected chi connectivity index (χ1v) is 10.3. The van der Waals surface area contributed by atoms with Crippen molar-refractivity contribution in [3.63, 3.8) is 0 Å². The molecule has 1 aliphatic heterocycles. The number of nitriles is 1. The Labute approximate surface area is 179 Å². The maximum atomic E-state index is 12.6. The normalized spacial score (nSPS) is 16.6. The van der Waals surface area contributed by atoms with Crippen molar-refractivity contribution in [1.29, 1.82) is 5.26 Å². The van der Waals surface area contributed by atoms with Gasteiger partial charge in [-0.3, -0.25) is 9.78 Å². The molecule has 1 unspecified atom stereocenters. The Kier molecular flexibility index (Phi) is 4.55. The van der Waals surface area contributed by atoms with Gasteiger partial charge in [0.1, 0.15) is 17.3 Å². The molecule has 4 aromatic rings. The summed E-state index contributed by atoms with van der Waals surface area (Å²) in [6.45, 7) is 4.49. The van der Waals surface area contributed by atoms with Gasteiger partial charge in [-0.05, 0) is 31.2 Å². The number of aryl methyl sites for hydroxylation is 1. The zero-order chi connectivity index (χ0) is 21.5. The third-order valence-corrected chi connectivity index (χ3v) is 6.07. The molecule has 1 fully saturated rings. The minimum Gasteiger partial charge on any atom is -0.366 e. The first-order chi connectivity index (χ1) is 15.1. The van der Waals surface area contributed by atoms with Gasteiger partial charge in [-0.15, -0.1) is 0 Å². The number of benzene rings is 1. The Morgan fingerprint density at radius 2 is 1.90 bits per heavy atom. The van der Waals surface area contributed by atoms with Gasteiger partial charge in [0.15, 0.2) is 0 Å². The molecule has 0 radical (unpaired) electrons. The largest absolute Gasteiger partial charge is 0.366 e. The maximum absolute atomic E-state index is 12.6. The fourth-order valence-electron chi connectivity index (χ4n) is 4.47. The second-order valence-electron chi connectivity index (χ2n) is 7.94. The molecule has 5 rings (SSSR count). The second-order valence-corrected chi connectivity index (χ2v) is 7.94. The lowest BCUT2D eigenvalue weighted by Gasteiger charge is -2.42. The van der Waals surface area contributed by atoms with E-state index < -0.39 is 0 Å². The summed E-state index contributed by atoms with van der Waals surface area (Å²) in [6, 6.07) is 17.6. The second kappa shape index (κ2) is 7.40. The number of pyridine rings is 3. The standard InChI is InChI=1S/C24H22N6O/c1-16-15-29(20-7-3-5-17-6-4-10-26-23(17)20)11-12-30(16)21-13-22(31)28(2)19-9-8-18(14-25)27-24(19)21/h3-10,13,16H,11-12,15H2,1-2H3. The van der Waals surface area contributed by atoms with Crippen LogP contribution in [-0.2, 0) is 7.05 Å². The molecule has 1 saturated heterocycles. The number of nitrogens with zero attached hydrogens (tertiary/aromatic N) is 6.